The molecule has 5 nitrogen and oxygen atoms in total. The Morgan fingerprint density at radius 1 is 0.897 bits per heavy atom. The highest BCUT2D eigenvalue weighted by atomic mass is 32.2. The number of rotatable bonds is 3. The van der Waals surface area contributed by atoms with E-state index >= 15 is 0 Å². The summed E-state index contributed by atoms with van der Waals surface area (Å²) in [5, 5.41) is 4.65. The zero-order valence-corrected chi connectivity index (χ0v) is 15.4. The fourth-order valence-corrected chi connectivity index (χ4v) is 3.62. The van der Waals surface area contributed by atoms with E-state index in [1.54, 1.807) is 0 Å². The summed E-state index contributed by atoms with van der Waals surface area (Å²) in [6.45, 7) is 1.85. The molecule has 0 radical (unpaired) electrons. The standard InChI is InChI=1S/C17H11F6N5S/c1-2-29-15-13(24-11-7-9(16(18,19)20)3-5-27(11)15)14-25-12-8-10(17(21,22)23)4-6-28(12)26-14/h3-8H,2H2,1H3. The number of hydrogen-bond acceptors (Lipinski definition) is 4. The number of nitrogens with zero attached hydrogens (tertiary/aromatic N) is 5. The topological polar surface area (TPSA) is 47.5 Å². The third-order valence-electron chi connectivity index (χ3n) is 4.07. The molecule has 4 rings (SSSR count). The van der Waals surface area contributed by atoms with E-state index in [0.29, 0.717) is 10.8 Å². The Balaban J connectivity index is 1.89. The van der Waals surface area contributed by atoms with E-state index in [9.17, 15) is 26.3 Å². The summed E-state index contributed by atoms with van der Waals surface area (Å²) in [5.74, 6) is 0.616. The molecule has 0 saturated heterocycles. The van der Waals surface area contributed by atoms with Crippen molar-refractivity contribution in [1.82, 2.24) is 24.0 Å². The number of halogens is 6. The van der Waals surface area contributed by atoms with Crippen LogP contribution in [0.1, 0.15) is 18.1 Å². The molecule has 4 aromatic heterocycles. The van der Waals surface area contributed by atoms with Crippen LogP contribution in [0.25, 0.3) is 22.8 Å². The Hall–Kier alpha value is -2.76. The second kappa shape index (κ2) is 6.65. The molecule has 0 aromatic carbocycles. The molecule has 152 valence electrons. The highest BCUT2D eigenvalue weighted by Crippen LogP contribution is 2.35. The first-order valence-electron chi connectivity index (χ1n) is 8.24. The average Bonchev–Trinajstić information content (AvgIpc) is 3.20. The first kappa shape index (κ1) is 19.6. The lowest BCUT2D eigenvalue weighted by atomic mass is 10.2. The van der Waals surface area contributed by atoms with Gasteiger partial charge in [-0.05, 0) is 30.0 Å². The number of alkyl halides is 6. The van der Waals surface area contributed by atoms with Gasteiger partial charge < -0.3 is 0 Å². The van der Waals surface area contributed by atoms with Crippen molar-refractivity contribution in [1.29, 1.82) is 0 Å². The van der Waals surface area contributed by atoms with E-state index in [-0.39, 0.29) is 22.8 Å². The molecule has 0 spiro atoms. The predicted octanol–water partition coefficient (Wildman–Crippen LogP) is 5.19. The Bertz CT molecular complexity index is 1210. The van der Waals surface area contributed by atoms with Crippen LogP contribution in [-0.4, -0.2) is 29.7 Å². The van der Waals surface area contributed by atoms with E-state index in [0.717, 1.165) is 35.0 Å². The quantitative estimate of drug-likeness (QED) is 0.331. The minimum atomic E-state index is -4.53. The van der Waals surface area contributed by atoms with Crippen molar-refractivity contribution in [3.8, 4) is 11.5 Å². The van der Waals surface area contributed by atoms with E-state index in [4.69, 9.17) is 0 Å². The van der Waals surface area contributed by atoms with Gasteiger partial charge in [-0.15, -0.1) is 16.9 Å². The molecule has 0 aliphatic rings. The van der Waals surface area contributed by atoms with Gasteiger partial charge in [0.1, 0.15) is 16.4 Å². The molecule has 0 atom stereocenters. The number of pyridine rings is 2. The van der Waals surface area contributed by atoms with Gasteiger partial charge in [0.05, 0.1) is 11.1 Å². The highest BCUT2D eigenvalue weighted by Gasteiger charge is 2.32. The van der Waals surface area contributed by atoms with Crippen molar-refractivity contribution in [2.75, 3.05) is 5.75 Å². The van der Waals surface area contributed by atoms with Gasteiger partial charge in [0.25, 0.3) is 0 Å². The molecular formula is C17H11F6N5S. The molecule has 4 heterocycles. The number of fused-ring (bicyclic) bond motifs is 2. The minimum absolute atomic E-state index is 0.0255. The van der Waals surface area contributed by atoms with Gasteiger partial charge in [-0.25, -0.2) is 14.5 Å². The Morgan fingerprint density at radius 2 is 1.52 bits per heavy atom. The van der Waals surface area contributed by atoms with E-state index in [1.807, 2.05) is 6.92 Å². The Kier molecular flexibility index (Phi) is 4.48. The summed E-state index contributed by atoms with van der Waals surface area (Å²) in [5.41, 5.74) is -1.53. The van der Waals surface area contributed by atoms with Crippen LogP contribution in [-0.2, 0) is 12.4 Å². The van der Waals surface area contributed by atoms with Crippen LogP contribution in [0, 0.1) is 0 Å². The third kappa shape index (κ3) is 3.52. The Labute approximate surface area is 163 Å². The molecule has 12 heteroatoms. The summed E-state index contributed by atoms with van der Waals surface area (Å²) in [6, 6.07) is 3.55. The van der Waals surface area contributed by atoms with Crippen LogP contribution in [0.2, 0.25) is 0 Å². The summed E-state index contributed by atoms with van der Waals surface area (Å²) in [7, 11) is 0. The molecule has 0 amide bonds. The second-order valence-electron chi connectivity index (χ2n) is 5.99. The minimum Gasteiger partial charge on any atom is -0.294 e. The molecule has 0 saturated carbocycles. The predicted molar refractivity (Wildman–Crippen MR) is 93.6 cm³/mol. The molecular weight excluding hydrogens is 420 g/mol. The fourth-order valence-electron chi connectivity index (χ4n) is 2.78. The third-order valence-corrected chi connectivity index (χ3v) is 5.02. The average molecular weight is 431 g/mol. The van der Waals surface area contributed by atoms with Crippen molar-refractivity contribution < 1.29 is 26.3 Å². The first-order valence-corrected chi connectivity index (χ1v) is 9.22. The van der Waals surface area contributed by atoms with Gasteiger partial charge in [-0.1, -0.05) is 6.92 Å². The van der Waals surface area contributed by atoms with Gasteiger partial charge in [0.15, 0.2) is 5.65 Å². The SMILES string of the molecule is CCSc1c(-c2nc3cc(C(F)(F)F)ccn3n2)nc2cc(C(F)(F)F)ccn12. The largest absolute Gasteiger partial charge is 0.416 e. The van der Waals surface area contributed by atoms with Crippen LogP contribution in [0.4, 0.5) is 26.3 Å². The number of hydrogen-bond donors (Lipinski definition) is 0. The molecule has 0 aliphatic heterocycles. The molecule has 0 fully saturated rings. The van der Waals surface area contributed by atoms with Gasteiger partial charge in [-0.2, -0.15) is 26.3 Å². The molecule has 29 heavy (non-hydrogen) atoms. The smallest absolute Gasteiger partial charge is 0.294 e. The lowest BCUT2D eigenvalue weighted by molar-refractivity contribution is -0.138. The molecule has 0 bridgehead atoms. The van der Waals surface area contributed by atoms with E-state index in [1.165, 1.54) is 22.4 Å². The lowest BCUT2D eigenvalue weighted by Crippen LogP contribution is -2.05. The zero-order chi connectivity index (χ0) is 21.0. The van der Waals surface area contributed by atoms with Crippen LogP contribution in [0.3, 0.4) is 0 Å². The maximum absolute atomic E-state index is 13.0. The van der Waals surface area contributed by atoms with Crippen molar-refractivity contribution in [2.45, 2.75) is 24.3 Å². The maximum atomic E-state index is 13.0. The number of imidazole rings is 1. The van der Waals surface area contributed by atoms with Crippen LogP contribution in [0.15, 0.2) is 41.7 Å². The van der Waals surface area contributed by atoms with Gasteiger partial charge in [0.2, 0.25) is 5.82 Å². The maximum Gasteiger partial charge on any atom is 0.416 e. The van der Waals surface area contributed by atoms with Crippen molar-refractivity contribution in [3.05, 3.63) is 47.8 Å². The summed E-state index contributed by atoms with van der Waals surface area (Å²) >= 11 is 1.31. The molecule has 4 aromatic rings. The first-order chi connectivity index (χ1) is 13.6. The molecule has 0 N–H and O–H groups in total. The molecule has 0 aliphatic carbocycles. The monoisotopic (exact) mass is 431 g/mol. The normalized spacial score (nSPS) is 12.9. The van der Waals surface area contributed by atoms with Gasteiger partial charge in [0, 0.05) is 12.4 Å². The van der Waals surface area contributed by atoms with E-state index in [2.05, 4.69) is 15.1 Å². The summed E-state index contributed by atoms with van der Waals surface area (Å²) in [6.07, 6.45) is -6.68. The van der Waals surface area contributed by atoms with Crippen LogP contribution in [0.5, 0.6) is 0 Å². The van der Waals surface area contributed by atoms with Crippen molar-refractivity contribution >= 4 is 23.1 Å². The van der Waals surface area contributed by atoms with Gasteiger partial charge in [-0.3, -0.25) is 4.40 Å². The zero-order valence-electron chi connectivity index (χ0n) is 14.6. The number of aromatic nitrogens is 5. The second-order valence-corrected chi connectivity index (χ2v) is 7.24. The molecule has 0 unspecified atom stereocenters. The van der Waals surface area contributed by atoms with Gasteiger partial charge >= 0.3 is 12.4 Å². The van der Waals surface area contributed by atoms with Crippen LogP contribution >= 0.6 is 11.8 Å². The summed E-state index contributed by atoms with van der Waals surface area (Å²) < 4.78 is 80.4. The van der Waals surface area contributed by atoms with Crippen molar-refractivity contribution in [2.24, 2.45) is 0 Å². The highest BCUT2D eigenvalue weighted by molar-refractivity contribution is 7.99. The lowest BCUT2D eigenvalue weighted by Gasteiger charge is -2.07. The van der Waals surface area contributed by atoms with Crippen LogP contribution < -0.4 is 0 Å². The Morgan fingerprint density at radius 3 is 2.14 bits per heavy atom. The summed E-state index contributed by atoms with van der Waals surface area (Å²) in [4.78, 5) is 8.33. The van der Waals surface area contributed by atoms with E-state index < -0.39 is 23.5 Å². The van der Waals surface area contributed by atoms with Crippen molar-refractivity contribution in [3.63, 3.8) is 0 Å². The number of thioether (sulfide) groups is 1. The fraction of sp³-hybridized carbons (Fsp3) is 0.235.